The van der Waals surface area contributed by atoms with Gasteiger partial charge in [-0.05, 0) is 24.1 Å². The quantitative estimate of drug-likeness (QED) is 0.859. The maximum absolute atomic E-state index is 11.1. The first-order chi connectivity index (χ1) is 7.79. The summed E-state index contributed by atoms with van der Waals surface area (Å²) in [7, 11) is 0.975. The third kappa shape index (κ3) is 4.75. The van der Waals surface area contributed by atoms with Gasteiger partial charge in [-0.2, -0.15) is 0 Å². The number of rotatable bonds is 5. The second-order valence-corrected chi connectivity index (χ2v) is 6.77. The van der Waals surface area contributed by atoms with E-state index in [-0.39, 0.29) is 11.8 Å². The van der Waals surface area contributed by atoms with E-state index < -0.39 is 9.84 Å². The summed E-state index contributed by atoms with van der Waals surface area (Å²) in [5, 5.41) is 0. The van der Waals surface area contributed by atoms with Crippen LogP contribution in [0.2, 0.25) is 0 Å². The van der Waals surface area contributed by atoms with E-state index in [0.717, 1.165) is 11.3 Å². The molecule has 17 heavy (non-hydrogen) atoms. The Bertz CT molecular complexity index is 469. The molecule has 5 heteroatoms. The average molecular weight is 256 g/mol. The van der Waals surface area contributed by atoms with Gasteiger partial charge in [-0.3, -0.25) is 0 Å². The highest BCUT2D eigenvalue weighted by Crippen LogP contribution is 2.20. The first kappa shape index (κ1) is 14.0. The zero-order valence-electron chi connectivity index (χ0n) is 10.6. The summed E-state index contributed by atoms with van der Waals surface area (Å²) in [6.45, 7) is 0. The Morgan fingerprint density at radius 3 is 2.53 bits per heavy atom. The molecule has 0 heterocycles. The van der Waals surface area contributed by atoms with Crippen LogP contribution < -0.4 is 10.6 Å². The van der Waals surface area contributed by atoms with Crippen molar-refractivity contribution in [3.63, 3.8) is 0 Å². The summed E-state index contributed by atoms with van der Waals surface area (Å²) in [6, 6.07) is 7.62. The molecule has 0 amide bonds. The molecular weight excluding hydrogens is 236 g/mol. The van der Waals surface area contributed by atoms with Crippen molar-refractivity contribution < 1.29 is 8.42 Å². The monoisotopic (exact) mass is 256 g/mol. The molecule has 0 radical (unpaired) electrons. The lowest BCUT2D eigenvalue weighted by molar-refractivity contribution is 0.592. The standard InChI is InChI=1S/C12H20N2O2S/c1-14(2)11-6-4-5-10(9-11)12(13)7-8-17(3,15)16/h4-6,9,12H,7-8,13H2,1-3H3. The minimum atomic E-state index is -2.94. The highest BCUT2D eigenvalue weighted by Gasteiger charge is 2.10. The van der Waals surface area contributed by atoms with E-state index in [4.69, 9.17) is 5.73 Å². The van der Waals surface area contributed by atoms with Crippen molar-refractivity contribution in [2.45, 2.75) is 12.5 Å². The van der Waals surface area contributed by atoms with Gasteiger partial charge >= 0.3 is 0 Å². The van der Waals surface area contributed by atoms with Crippen molar-refractivity contribution in [1.29, 1.82) is 0 Å². The van der Waals surface area contributed by atoms with Crippen molar-refractivity contribution in [3.8, 4) is 0 Å². The zero-order chi connectivity index (χ0) is 13.1. The fourth-order valence-electron chi connectivity index (χ4n) is 1.54. The molecule has 1 rings (SSSR count). The lowest BCUT2D eigenvalue weighted by atomic mass is 10.0. The number of benzene rings is 1. The van der Waals surface area contributed by atoms with Crippen LogP contribution in [0.25, 0.3) is 0 Å². The minimum absolute atomic E-state index is 0.125. The average Bonchev–Trinajstić information content (AvgIpc) is 2.25. The minimum Gasteiger partial charge on any atom is -0.378 e. The van der Waals surface area contributed by atoms with Gasteiger partial charge in [0.2, 0.25) is 0 Å². The molecule has 1 unspecified atom stereocenters. The van der Waals surface area contributed by atoms with Gasteiger partial charge in [0.25, 0.3) is 0 Å². The van der Waals surface area contributed by atoms with E-state index in [1.165, 1.54) is 6.26 Å². The highest BCUT2D eigenvalue weighted by atomic mass is 32.2. The Morgan fingerprint density at radius 2 is 2.00 bits per heavy atom. The Balaban J connectivity index is 2.75. The smallest absolute Gasteiger partial charge is 0.147 e. The molecule has 1 aromatic rings. The Morgan fingerprint density at radius 1 is 1.35 bits per heavy atom. The van der Waals surface area contributed by atoms with Gasteiger partial charge in [0.05, 0.1) is 5.75 Å². The van der Waals surface area contributed by atoms with Crippen LogP contribution in [0.5, 0.6) is 0 Å². The fraction of sp³-hybridized carbons (Fsp3) is 0.500. The van der Waals surface area contributed by atoms with Crippen LogP contribution in [0.1, 0.15) is 18.0 Å². The van der Waals surface area contributed by atoms with Crippen LogP contribution in [0.15, 0.2) is 24.3 Å². The lowest BCUT2D eigenvalue weighted by Crippen LogP contribution is -2.16. The highest BCUT2D eigenvalue weighted by molar-refractivity contribution is 7.90. The first-order valence-corrected chi connectivity index (χ1v) is 7.56. The first-order valence-electron chi connectivity index (χ1n) is 5.50. The van der Waals surface area contributed by atoms with Gasteiger partial charge in [0.1, 0.15) is 9.84 Å². The molecule has 0 fully saturated rings. The molecule has 4 nitrogen and oxygen atoms in total. The number of hydrogen-bond donors (Lipinski definition) is 1. The van der Waals surface area contributed by atoms with Gasteiger partial charge in [0, 0.05) is 32.1 Å². The van der Waals surface area contributed by atoms with Crippen LogP contribution in [0, 0.1) is 0 Å². The molecule has 0 aliphatic heterocycles. The van der Waals surface area contributed by atoms with Crippen LogP contribution in [-0.4, -0.2) is 34.5 Å². The Hall–Kier alpha value is -1.07. The van der Waals surface area contributed by atoms with Crippen LogP contribution in [-0.2, 0) is 9.84 Å². The molecule has 2 N–H and O–H groups in total. The van der Waals surface area contributed by atoms with Crippen LogP contribution >= 0.6 is 0 Å². The number of nitrogens with two attached hydrogens (primary N) is 1. The maximum atomic E-state index is 11.1. The van der Waals surface area contributed by atoms with E-state index in [9.17, 15) is 8.42 Å². The molecule has 0 aliphatic carbocycles. The summed E-state index contributed by atoms with van der Waals surface area (Å²) in [5.41, 5.74) is 8.03. The zero-order valence-corrected chi connectivity index (χ0v) is 11.4. The molecule has 0 spiro atoms. The molecule has 0 saturated carbocycles. The molecule has 0 bridgehead atoms. The molecule has 0 saturated heterocycles. The van der Waals surface area contributed by atoms with E-state index in [2.05, 4.69) is 0 Å². The van der Waals surface area contributed by atoms with E-state index in [1.807, 2.05) is 43.3 Å². The largest absolute Gasteiger partial charge is 0.378 e. The van der Waals surface area contributed by atoms with Crippen molar-refractivity contribution in [2.75, 3.05) is 31.0 Å². The van der Waals surface area contributed by atoms with Crippen molar-refractivity contribution >= 4 is 15.5 Å². The van der Waals surface area contributed by atoms with Crippen molar-refractivity contribution in [2.24, 2.45) is 5.73 Å². The molecule has 1 atom stereocenters. The number of anilines is 1. The maximum Gasteiger partial charge on any atom is 0.147 e. The summed E-state index contributed by atoms with van der Waals surface area (Å²) in [6.07, 6.45) is 1.69. The molecule has 1 aromatic carbocycles. The number of hydrogen-bond acceptors (Lipinski definition) is 4. The fourth-order valence-corrected chi connectivity index (χ4v) is 2.22. The number of nitrogens with zero attached hydrogens (tertiary/aromatic N) is 1. The SMILES string of the molecule is CN(C)c1cccc(C(N)CCS(C)(=O)=O)c1. The van der Waals surface area contributed by atoms with Crippen LogP contribution in [0.3, 0.4) is 0 Å². The third-order valence-electron chi connectivity index (χ3n) is 2.61. The second-order valence-electron chi connectivity index (χ2n) is 4.51. The summed E-state index contributed by atoms with van der Waals surface area (Å²) in [5.74, 6) is 0.125. The summed E-state index contributed by atoms with van der Waals surface area (Å²) >= 11 is 0. The summed E-state index contributed by atoms with van der Waals surface area (Å²) < 4.78 is 22.2. The van der Waals surface area contributed by atoms with Gasteiger partial charge in [-0.15, -0.1) is 0 Å². The third-order valence-corrected chi connectivity index (χ3v) is 3.59. The van der Waals surface area contributed by atoms with Crippen molar-refractivity contribution in [1.82, 2.24) is 0 Å². The normalized spacial score (nSPS) is 13.4. The molecule has 0 aromatic heterocycles. The molecule has 96 valence electrons. The van der Waals surface area contributed by atoms with Crippen molar-refractivity contribution in [3.05, 3.63) is 29.8 Å². The predicted molar refractivity (Wildman–Crippen MR) is 72.0 cm³/mol. The van der Waals surface area contributed by atoms with Gasteiger partial charge in [0.15, 0.2) is 0 Å². The molecular formula is C12H20N2O2S. The van der Waals surface area contributed by atoms with Gasteiger partial charge in [-0.25, -0.2) is 8.42 Å². The second kappa shape index (κ2) is 5.51. The Labute approximate surface area is 103 Å². The lowest BCUT2D eigenvalue weighted by Gasteiger charge is -2.16. The van der Waals surface area contributed by atoms with Gasteiger partial charge in [-0.1, -0.05) is 12.1 Å². The van der Waals surface area contributed by atoms with E-state index >= 15 is 0 Å². The Kier molecular flexibility index (Phi) is 4.54. The molecule has 0 aliphatic rings. The van der Waals surface area contributed by atoms with E-state index in [0.29, 0.717) is 6.42 Å². The number of sulfone groups is 1. The summed E-state index contributed by atoms with van der Waals surface area (Å²) in [4.78, 5) is 1.99. The van der Waals surface area contributed by atoms with E-state index in [1.54, 1.807) is 0 Å². The van der Waals surface area contributed by atoms with Crippen LogP contribution in [0.4, 0.5) is 5.69 Å². The van der Waals surface area contributed by atoms with Gasteiger partial charge < -0.3 is 10.6 Å². The topological polar surface area (TPSA) is 63.4 Å². The predicted octanol–water partition coefficient (Wildman–Crippen LogP) is 1.19.